The third-order valence-electron chi connectivity index (χ3n) is 3.85. The van der Waals surface area contributed by atoms with E-state index in [1.54, 1.807) is 38.1 Å². The minimum atomic E-state index is -0.578. The molecular weight excluding hydrogens is 422 g/mol. The quantitative estimate of drug-likeness (QED) is 0.470. The van der Waals surface area contributed by atoms with Crippen LogP contribution in [0.5, 0.6) is 0 Å². The Labute approximate surface area is 162 Å². The van der Waals surface area contributed by atoms with Crippen LogP contribution in [0.15, 0.2) is 28.7 Å². The first kappa shape index (κ1) is 18.4. The standard InChI is InChI=1S/C18H15BrClN3O3/c1-3-26-18(25)13-12-11(7-9(20)14(13)19)23-16(15(12)21)17(24)10-6-4-5-8(2)22-10/h4-7,23H,3,21H2,1-2H3. The Balaban J connectivity index is 2.24. The number of hydrogen-bond donors (Lipinski definition) is 2. The van der Waals surface area contributed by atoms with Gasteiger partial charge in [-0.05, 0) is 48.0 Å². The molecule has 0 bridgehead atoms. The van der Waals surface area contributed by atoms with E-state index in [0.717, 1.165) is 0 Å². The number of aryl methyl sites for hydroxylation is 1. The Kier molecular flexibility index (Phi) is 5.02. The van der Waals surface area contributed by atoms with Gasteiger partial charge in [-0.2, -0.15) is 0 Å². The SMILES string of the molecule is CCOC(=O)c1c(Br)c(Cl)cc2[nH]c(C(=O)c3cccc(C)n3)c(N)c12. The Morgan fingerprint density at radius 3 is 2.77 bits per heavy atom. The number of halogens is 2. The summed E-state index contributed by atoms with van der Waals surface area (Å²) in [4.78, 5) is 32.4. The van der Waals surface area contributed by atoms with Crippen molar-refractivity contribution in [2.45, 2.75) is 13.8 Å². The minimum Gasteiger partial charge on any atom is -0.462 e. The molecule has 2 aromatic heterocycles. The second kappa shape index (κ2) is 7.09. The van der Waals surface area contributed by atoms with E-state index in [-0.39, 0.29) is 35.0 Å². The third kappa shape index (κ3) is 3.08. The summed E-state index contributed by atoms with van der Waals surface area (Å²) in [5.74, 6) is -0.949. The maximum Gasteiger partial charge on any atom is 0.340 e. The molecule has 3 aromatic rings. The summed E-state index contributed by atoms with van der Waals surface area (Å²) in [6.07, 6.45) is 0. The number of nitrogen functional groups attached to an aromatic ring is 1. The van der Waals surface area contributed by atoms with Gasteiger partial charge in [0.15, 0.2) is 0 Å². The maximum absolute atomic E-state index is 12.8. The molecule has 0 fully saturated rings. The number of pyridine rings is 1. The van der Waals surface area contributed by atoms with Gasteiger partial charge in [0.2, 0.25) is 5.78 Å². The van der Waals surface area contributed by atoms with Crippen LogP contribution in [-0.2, 0) is 4.74 Å². The molecule has 26 heavy (non-hydrogen) atoms. The van der Waals surface area contributed by atoms with Crippen molar-refractivity contribution in [3.63, 3.8) is 0 Å². The number of fused-ring (bicyclic) bond motifs is 1. The number of carbonyl (C=O) groups is 2. The number of hydrogen-bond acceptors (Lipinski definition) is 5. The predicted molar refractivity (Wildman–Crippen MR) is 104 cm³/mol. The number of nitrogens with two attached hydrogens (primary N) is 1. The molecule has 0 amide bonds. The van der Waals surface area contributed by atoms with Gasteiger partial charge in [-0.1, -0.05) is 17.7 Å². The first-order valence-corrected chi connectivity index (χ1v) is 8.96. The summed E-state index contributed by atoms with van der Waals surface area (Å²) in [7, 11) is 0. The van der Waals surface area contributed by atoms with Crippen LogP contribution in [0.3, 0.4) is 0 Å². The summed E-state index contributed by atoms with van der Waals surface area (Å²) < 4.78 is 5.47. The predicted octanol–water partition coefficient (Wildman–Crippen LogP) is 4.28. The Bertz CT molecular complexity index is 1050. The molecule has 6 nitrogen and oxygen atoms in total. The van der Waals surface area contributed by atoms with E-state index >= 15 is 0 Å². The van der Waals surface area contributed by atoms with Crippen LogP contribution >= 0.6 is 27.5 Å². The topological polar surface area (TPSA) is 98.1 Å². The van der Waals surface area contributed by atoms with E-state index in [2.05, 4.69) is 25.9 Å². The highest BCUT2D eigenvalue weighted by Gasteiger charge is 2.26. The summed E-state index contributed by atoms with van der Waals surface area (Å²) in [5.41, 5.74) is 8.13. The molecule has 0 aliphatic heterocycles. The van der Waals surface area contributed by atoms with E-state index in [0.29, 0.717) is 26.1 Å². The van der Waals surface area contributed by atoms with E-state index in [4.69, 9.17) is 22.1 Å². The number of aromatic nitrogens is 2. The Morgan fingerprint density at radius 1 is 1.38 bits per heavy atom. The fourth-order valence-corrected chi connectivity index (χ4v) is 3.38. The van der Waals surface area contributed by atoms with Crippen LogP contribution in [0, 0.1) is 6.92 Å². The first-order valence-electron chi connectivity index (χ1n) is 7.79. The number of esters is 1. The zero-order valence-corrected chi connectivity index (χ0v) is 16.4. The van der Waals surface area contributed by atoms with Crippen molar-refractivity contribution in [2.24, 2.45) is 0 Å². The summed E-state index contributed by atoms with van der Waals surface area (Å²) in [5, 5.41) is 0.685. The maximum atomic E-state index is 12.8. The molecule has 0 spiro atoms. The van der Waals surface area contributed by atoms with Gasteiger partial charge in [0.25, 0.3) is 0 Å². The monoisotopic (exact) mass is 435 g/mol. The van der Waals surface area contributed by atoms with Crippen LogP contribution < -0.4 is 5.73 Å². The molecule has 134 valence electrons. The smallest absolute Gasteiger partial charge is 0.340 e. The van der Waals surface area contributed by atoms with Crippen molar-refractivity contribution in [2.75, 3.05) is 12.3 Å². The fourth-order valence-electron chi connectivity index (χ4n) is 2.70. The molecule has 3 N–H and O–H groups in total. The number of H-pyrrole nitrogens is 1. The zero-order valence-electron chi connectivity index (χ0n) is 14.0. The van der Waals surface area contributed by atoms with Gasteiger partial charge in [-0.25, -0.2) is 9.78 Å². The average molecular weight is 437 g/mol. The highest BCUT2D eigenvalue weighted by Crippen LogP contribution is 2.38. The highest BCUT2D eigenvalue weighted by molar-refractivity contribution is 9.10. The Hall–Kier alpha value is -2.38. The summed E-state index contributed by atoms with van der Waals surface area (Å²) in [6, 6.07) is 6.74. The van der Waals surface area contributed by atoms with Crippen molar-refractivity contribution in [3.05, 3.63) is 56.4 Å². The van der Waals surface area contributed by atoms with Gasteiger partial charge in [0, 0.05) is 11.1 Å². The van der Waals surface area contributed by atoms with Crippen LogP contribution in [0.2, 0.25) is 5.02 Å². The molecule has 0 aliphatic carbocycles. The molecule has 2 heterocycles. The van der Waals surface area contributed by atoms with Crippen molar-refractivity contribution >= 4 is 55.9 Å². The molecule has 0 atom stereocenters. The van der Waals surface area contributed by atoms with Gasteiger partial charge < -0.3 is 15.5 Å². The lowest BCUT2D eigenvalue weighted by molar-refractivity contribution is 0.0527. The molecule has 8 heteroatoms. The molecule has 0 radical (unpaired) electrons. The van der Waals surface area contributed by atoms with Gasteiger partial charge >= 0.3 is 5.97 Å². The van der Waals surface area contributed by atoms with Gasteiger partial charge in [-0.3, -0.25) is 4.79 Å². The van der Waals surface area contributed by atoms with E-state index in [1.165, 1.54) is 0 Å². The number of benzene rings is 1. The second-order valence-corrected chi connectivity index (χ2v) is 6.80. The molecule has 1 aromatic carbocycles. The first-order chi connectivity index (χ1) is 12.3. The van der Waals surface area contributed by atoms with E-state index in [9.17, 15) is 9.59 Å². The molecule has 3 rings (SSSR count). The zero-order chi connectivity index (χ0) is 19.0. The van der Waals surface area contributed by atoms with Crippen LogP contribution in [-0.4, -0.2) is 28.3 Å². The molecule has 0 unspecified atom stereocenters. The minimum absolute atomic E-state index is 0.147. The summed E-state index contributed by atoms with van der Waals surface area (Å²) >= 11 is 9.51. The Morgan fingerprint density at radius 2 is 2.12 bits per heavy atom. The highest BCUT2D eigenvalue weighted by atomic mass is 79.9. The van der Waals surface area contributed by atoms with Gasteiger partial charge in [-0.15, -0.1) is 0 Å². The lowest BCUT2D eigenvalue weighted by Crippen LogP contribution is -2.09. The van der Waals surface area contributed by atoms with Crippen molar-refractivity contribution in [1.29, 1.82) is 0 Å². The number of ether oxygens (including phenoxy) is 1. The van der Waals surface area contributed by atoms with E-state index in [1.807, 2.05) is 0 Å². The van der Waals surface area contributed by atoms with Crippen LogP contribution in [0.1, 0.15) is 39.2 Å². The number of rotatable bonds is 4. The third-order valence-corrected chi connectivity index (χ3v) is 5.20. The average Bonchev–Trinajstić information content (AvgIpc) is 2.91. The van der Waals surface area contributed by atoms with E-state index < -0.39 is 5.97 Å². The number of anilines is 1. The molecule has 0 saturated heterocycles. The summed E-state index contributed by atoms with van der Waals surface area (Å²) in [6.45, 7) is 3.69. The lowest BCUT2D eigenvalue weighted by atomic mass is 10.1. The van der Waals surface area contributed by atoms with Crippen molar-refractivity contribution < 1.29 is 14.3 Å². The molecule has 0 saturated carbocycles. The lowest BCUT2D eigenvalue weighted by Gasteiger charge is -2.08. The van der Waals surface area contributed by atoms with Gasteiger partial charge in [0.05, 0.1) is 32.9 Å². The van der Waals surface area contributed by atoms with Crippen LogP contribution in [0.4, 0.5) is 5.69 Å². The van der Waals surface area contributed by atoms with Crippen LogP contribution in [0.25, 0.3) is 10.9 Å². The molecule has 0 aliphatic rings. The van der Waals surface area contributed by atoms with Crippen molar-refractivity contribution in [3.8, 4) is 0 Å². The van der Waals surface area contributed by atoms with Crippen molar-refractivity contribution in [1.82, 2.24) is 9.97 Å². The number of ketones is 1. The fraction of sp³-hybridized carbons (Fsp3) is 0.167. The van der Waals surface area contributed by atoms with Gasteiger partial charge in [0.1, 0.15) is 11.4 Å². The number of nitrogens with one attached hydrogen (secondary N) is 1. The number of aromatic amines is 1. The number of carbonyl (C=O) groups excluding carboxylic acids is 2. The normalized spacial score (nSPS) is 10.9. The second-order valence-electron chi connectivity index (χ2n) is 5.60. The molecular formula is C18H15BrClN3O3. The largest absolute Gasteiger partial charge is 0.462 e. The number of nitrogens with zero attached hydrogens (tertiary/aromatic N) is 1.